The first-order chi connectivity index (χ1) is 9.88. The molecule has 0 spiro atoms. The van der Waals surface area contributed by atoms with Crippen molar-refractivity contribution in [2.24, 2.45) is 11.8 Å². The first-order valence-corrected chi connectivity index (χ1v) is 7.60. The lowest BCUT2D eigenvalue weighted by molar-refractivity contribution is -0.141. The number of allylic oxidation sites excluding steroid dienone is 2. The van der Waals surface area contributed by atoms with E-state index in [-0.39, 0.29) is 12.7 Å². The van der Waals surface area contributed by atoms with Crippen molar-refractivity contribution < 1.29 is 14.3 Å². The number of hydrogen-bond donors (Lipinski definition) is 0. The zero-order valence-electron chi connectivity index (χ0n) is 13.8. The van der Waals surface area contributed by atoms with Crippen LogP contribution in [-0.4, -0.2) is 25.3 Å². The van der Waals surface area contributed by atoms with Crippen LogP contribution < -0.4 is 0 Å². The molecule has 0 aliphatic rings. The second-order valence-corrected chi connectivity index (χ2v) is 5.83. The van der Waals surface area contributed by atoms with Crippen LogP contribution in [0.2, 0.25) is 0 Å². The highest BCUT2D eigenvalue weighted by molar-refractivity contribution is 5.81. The molecular weight excluding hydrogens is 264 g/mol. The lowest BCUT2D eigenvalue weighted by Crippen LogP contribution is -2.21. The Morgan fingerprint density at radius 2 is 1.67 bits per heavy atom. The molecule has 0 aliphatic carbocycles. The number of hydrogen-bond acceptors (Lipinski definition) is 3. The maximum atomic E-state index is 10.9. The van der Waals surface area contributed by atoms with Gasteiger partial charge in [0.2, 0.25) is 0 Å². The predicted octanol–water partition coefficient (Wildman–Crippen LogP) is 4.31. The monoisotopic (exact) mass is 294 g/mol. The van der Waals surface area contributed by atoms with E-state index in [2.05, 4.69) is 33.6 Å². The van der Waals surface area contributed by atoms with Crippen LogP contribution in [-0.2, 0) is 14.3 Å². The summed E-state index contributed by atoms with van der Waals surface area (Å²) in [6.07, 6.45) is 6.17. The van der Waals surface area contributed by atoms with Crippen molar-refractivity contribution in [1.82, 2.24) is 0 Å². The van der Waals surface area contributed by atoms with E-state index in [0.29, 0.717) is 18.4 Å². The van der Waals surface area contributed by atoms with Gasteiger partial charge in [-0.25, -0.2) is 4.79 Å². The molecule has 0 amide bonds. The molecule has 21 heavy (non-hydrogen) atoms. The zero-order chi connectivity index (χ0) is 16.3. The summed E-state index contributed by atoms with van der Waals surface area (Å²) in [6.45, 7) is 18.3. The standard InChI is InChI=1S/C18H30O3/c1-7-14(3)11-15(4)9-10-16(5)12-20-17(6)13-21-18(19)8-2/h7-8,15-17H,1-3,9-13H2,4-6H3. The molecule has 0 bridgehead atoms. The van der Waals surface area contributed by atoms with E-state index >= 15 is 0 Å². The molecule has 3 unspecified atom stereocenters. The summed E-state index contributed by atoms with van der Waals surface area (Å²) in [4.78, 5) is 10.9. The Hall–Kier alpha value is -1.35. The number of ether oxygens (including phenoxy) is 2. The first kappa shape index (κ1) is 19.7. The lowest BCUT2D eigenvalue weighted by Gasteiger charge is -2.18. The van der Waals surface area contributed by atoms with Crippen LogP contribution in [0.3, 0.4) is 0 Å². The van der Waals surface area contributed by atoms with E-state index < -0.39 is 5.97 Å². The van der Waals surface area contributed by atoms with Crippen molar-refractivity contribution in [3.63, 3.8) is 0 Å². The van der Waals surface area contributed by atoms with Gasteiger partial charge in [0, 0.05) is 12.7 Å². The molecule has 3 atom stereocenters. The highest BCUT2D eigenvalue weighted by Gasteiger charge is 2.10. The maximum Gasteiger partial charge on any atom is 0.330 e. The quantitative estimate of drug-likeness (QED) is 0.306. The first-order valence-electron chi connectivity index (χ1n) is 7.60. The van der Waals surface area contributed by atoms with Gasteiger partial charge in [-0.1, -0.05) is 51.7 Å². The summed E-state index contributed by atoms with van der Waals surface area (Å²) in [5.41, 5.74) is 1.10. The van der Waals surface area contributed by atoms with E-state index in [1.54, 1.807) is 0 Å². The molecule has 0 aromatic carbocycles. The third-order valence-corrected chi connectivity index (χ3v) is 3.34. The Morgan fingerprint density at radius 3 is 2.24 bits per heavy atom. The predicted molar refractivity (Wildman–Crippen MR) is 88.1 cm³/mol. The lowest BCUT2D eigenvalue weighted by atomic mass is 9.93. The SMILES string of the molecule is C=CC(=C)CC(C)CCC(C)COC(C)COC(=O)C=C. The van der Waals surface area contributed by atoms with E-state index in [0.717, 1.165) is 30.9 Å². The van der Waals surface area contributed by atoms with Crippen molar-refractivity contribution in [3.05, 3.63) is 37.5 Å². The van der Waals surface area contributed by atoms with Crippen LogP contribution in [0.25, 0.3) is 0 Å². The van der Waals surface area contributed by atoms with Gasteiger partial charge in [0.15, 0.2) is 0 Å². The summed E-state index contributed by atoms with van der Waals surface area (Å²) in [6, 6.07) is 0. The van der Waals surface area contributed by atoms with Crippen molar-refractivity contribution in [3.8, 4) is 0 Å². The van der Waals surface area contributed by atoms with Gasteiger partial charge in [-0.05, 0) is 31.6 Å². The minimum absolute atomic E-state index is 0.0886. The van der Waals surface area contributed by atoms with Crippen LogP contribution in [0.15, 0.2) is 37.5 Å². The molecule has 0 rings (SSSR count). The molecule has 3 heteroatoms. The molecule has 0 aromatic heterocycles. The third-order valence-electron chi connectivity index (χ3n) is 3.34. The van der Waals surface area contributed by atoms with E-state index in [4.69, 9.17) is 9.47 Å². The minimum atomic E-state index is -0.408. The highest BCUT2D eigenvalue weighted by atomic mass is 16.6. The summed E-state index contributed by atoms with van der Waals surface area (Å²) >= 11 is 0. The molecule has 0 aliphatic heterocycles. The summed E-state index contributed by atoms with van der Waals surface area (Å²) < 4.78 is 10.6. The largest absolute Gasteiger partial charge is 0.460 e. The molecule has 0 N–H and O–H groups in total. The topological polar surface area (TPSA) is 35.5 Å². The number of rotatable bonds is 12. The molecule has 0 saturated heterocycles. The van der Waals surface area contributed by atoms with Crippen LogP contribution in [0.1, 0.15) is 40.0 Å². The Morgan fingerprint density at radius 1 is 1.05 bits per heavy atom. The molecule has 0 heterocycles. The van der Waals surface area contributed by atoms with Crippen molar-refractivity contribution >= 4 is 5.97 Å². The molecule has 3 nitrogen and oxygen atoms in total. The fraction of sp³-hybridized carbons (Fsp3) is 0.611. The molecule has 0 radical (unpaired) electrons. The highest BCUT2D eigenvalue weighted by Crippen LogP contribution is 2.19. The molecule has 0 aromatic rings. The van der Waals surface area contributed by atoms with Gasteiger partial charge in [-0.2, -0.15) is 0 Å². The van der Waals surface area contributed by atoms with Gasteiger partial charge in [0.25, 0.3) is 0 Å². The molecule has 0 fully saturated rings. The normalized spacial score (nSPS) is 14.8. The number of carbonyl (C=O) groups is 1. The molecule has 120 valence electrons. The van der Waals surface area contributed by atoms with Gasteiger partial charge in [0.1, 0.15) is 6.61 Å². The van der Waals surface area contributed by atoms with E-state index in [9.17, 15) is 4.79 Å². The Kier molecular flexibility index (Phi) is 10.6. The molecule has 0 saturated carbocycles. The average Bonchev–Trinajstić information content (AvgIpc) is 2.47. The van der Waals surface area contributed by atoms with E-state index in [1.807, 2.05) is 13.0 Å². The number of carbonyl (C=O) groups excluding carboxylic acids is 1. The maximum absolute atomic E-state index is 10.9. The summed E-state index contributed by atoms with van der Waals surface area (Å²) in [5, 5.41) is 0. The minimum Gasteiger partial charge on any atom is -0.460 e. The zero-order valence-corrected chi connectivity index (χ0v) is 13.8. The summed E-state index contributed by atoms with van der Waals surface area (Å²) in [7, 11) is 0. The second-order valence-electron chi connectivity index (χ2n) is 5.83. The van der Waals surface area contributed by atoms with E-state index in [1.165, 1.54) is 0 Å². The van der Waals surface area contributed by atoms with Gasteiger partial charge >= 0.3 is 5.97 Å². The van der Waals surface area contributed by atoms with Crippen molar-refractivity contribution in [1.29, 1.82) is 0 Å². The van der Waals surface area contributed by atoms with Gasteiger partial charge in [-0.3, -0.25) is 0 Å². The Bertz CT molecular complexity index is 346. The Labute approximate surface area is 129 Å². The smallest absolute Gasteiger partial charge is 0.330 e. The second kappa shape index (κ2) is 11.3. The van der Waals surface area contributed by atoms with Crippen LogP contribution >= 0.6 is 0 Å². The Balaban J connectivity index is 3.76. The van der Waals surface area contributed by atoms with Crippen molar-refractivity contribution in [2.45, 2.75) is 46.1 Å². The van der Waals surface area contributed by atoms with Gasteiger partial charge in [0.05, 0.1) is 6.10 Å². The average molecular weight is 294 g/mol. The molecular formula is C18H30O3. The third kappa shape index (κ3) is 11.0. The summed E-state index contributed by atoms with van der Waals surface area (Å²) in [5.74, 6) is 0.695. The van der Waals surface area contributed by atoms with Crippen LogP contribution in [0, 0.1) is 11.8 Å². The van der Waals surface area contributed by atoms with Crippen LogP contribution in [0.5, 0.6) is 0 Å². The van der Waals surface area contributed by atoms with Gasteiger partial charge < -0.3 is 9.47 Å². The van der Waals surface area contributed by atoms with Crippen LogP contribution in [0.4, 0.5) is 0 Å². The fourth-order valence-electron chi connectivity index (χ4n) is 1.92. The van der Waals surface area contributed by atoms with Gasteiger partial charge in [-0.15, -0.1) is 0 Å². The fourth-order valence-corrected chi connectivity index (χ4v) is 1.92. The number of esters is 1. The van der Waals surface area contributed by atoms with Crippen molar-refractivity contribution in [2.75, 3.05) is 13.2 Å².